The summed E-state index contributed by atoms with van der Waals surface area (Å²) in [4.78, 5) is 4.22. The van der Waals surface area contributed by atoms with Gasteiger partial charge in [0.05, 0.1) is 24.6 Å². The second-order valence-corrected chi connectivity index (χ2v) is 4.02. The molecule has 4 heteroatoms. The molecule has 1 aromatic rings. The summed E-state index contributed by atoms with van der Waals surface area (Å²) in [5.41, 5.74) is 1.62. The van der Waals surface area contributed by atoms with E-state index >= 15 is 0 Å². The van der Waals surface area contributed by atoms with Crippen LogP contribution in [0.2, 0.25) is 0 Å². The Labute approximate surface area is 90.9 Å². The van der Waals surface area contributed by atoms with Gasteiger partial charge in [0.25, 0.3) is 0 Å². The molecule has 4 nitrogen and oxygen atoms in total. The summed E-state index contributed by atoms with van der Waals surface area (Å²) in [7, 11) is 0. The Morgan fingerprint density at radius 3 is 2.67 bits per heavy atom. The minimum Gasteiger partial charge on any atom is -0.332 e. The molecule has 0 aliphatic rings. The molecule has 1 heterocycles. The van der Waals surface area contributed by atoms with Crippen molar-refractivity contribution in [1.82, 2.24) is 14.9 Å². The highest BCUT2D eigenvalue weighted by Crippen LogP contribution is 2.11. The quantitative estimate of drug-likeness (QED) is 0.810. The number of likely N-dealkylation sites (N-methyl/N-ethyl adjacent to an activating group) is 1. The van der Waals surface area contributed by atoms with E-state index in [1.807, 2.05) is 32.3 Å². The van der Waals surface area contributed by atoms with Gasteiger partial charge in [0.1, 0.15) is 5.54 Å². The lowest BCUT2D eigenvalue weighted by atomic mass is 10.0. The van der Waals surface area contributed by atoms with Crippen LogP contribution >= 0.6 is 0 Å². The third-order valence-corrected chi connectivity index (χ3v) is 2.65. The summed E-state index contributed by atoms with van der Waals surface area (Å²) in [6.45, 7) is 9.32. The third kappa shape index (κ3) is 2.57. The van der Waals surface area contributed by atoms with Gasteiger partial charge in [0.15, 0.2) is 0 Å². The summed E-state index contributed by atoms with van der Waals surface area (Å²) in [5.74, 6) is 0. The molecule has 0 saturated heterocycles. The van der Waals surface area contributed by atoms with Gasteiger partial charge in [-0.25, -0.2) is 4.98 Å². The number of aromatic nitrogens is 2. The predicted molar refractivity (Wildman–Crippen MR) is 59.4 cm³/mol. The van der Waals surface area contributed by atoms with E-state index in [0.29, 0.717) is 6.54 Å². The summed E-state index contributed by atoms with van der Waals surface area (Å²) < 4.78 is 2.02. The van der Waals surface area contributed by atoms with Crippen LogP contribution in [0.25, 0.3) is 0 Å². The zero-order valence-corrected chi connectivity index (χ0v) is 9.83. The molecule has 1 N–H and O–H groups in total. The molecule has 0 aromatic carbocycles. The molecule has 1 rings (SSSR count). The van der Waals surface area contributed by atoms with Crippen LogP contribution in [-0.2, 0) is 6.54 Å². The van der Waals surface area contributed by atoms with Gasteiger partial charge in [0.2, 0.25) is 0 Å². The summed E-state index contributed by atoms with van der Waals surface area (Å²) in [6.07, 6.45) is 1.79. The second-order valence-electron chi connectivity index (χ2n) is 4.02. The van der Waals surface area contributed by atoms with Crippen molar-refractivity contribution in [2.24, 2.45) is 0 Å². The van der Waals surface area contributed by atoms with Crippen molar-refractivity contribution in [3.63, 3.8) is 0 Å². The second kappa shape index (κ2) is 4.45. The molecular weight excluding hydrogens is 188 g/mol. The lowest BCUT2D eigenvalue weighted by Gasteiger charge is -2.23. The van der Waals surface area contributed by atoms with Gasteiger partial charge >= 0.3 is 0 Å². The minimum atomic E-state index is -0.521. The first kappa shape index (κ1) is 11.7. The number of nitrogens with zero attached hydrogens (tertiary/aromatic N) is 3. The number of aryl methyl sites for hydroxylation is 1. The van der Waals surface area contributed by atoms with Crippen LogP contribution in [-0.4, -0.2) is 21.6 Å². The van der Waals surface area contributed by atoms with Crippen LogP contribution in [0, 0.1) is 25.2 Å². The highest BCUT2D eigenvalue weighted by Gasteiger charge is 2.23. The van der Waals surface area contributed by atoms with Gasteiger partial charge in [-0.3, -0.25) is 5.32 Å². The molecule has 0 fully saturated rings. The lowest BCUT2D eigenvalue weighted by Crippen LogP contribution is -2.44. The van der Waals surface area contributed by atoms with Crippen molar-refractivity contribution in [2.75, 3.05) is 6.54 Å². The Hall–Kier alpha value is -1.34. The van der Waals surface area contributed by atoms with Gasteiger partial charge in [0, 0.05) is 5.69 Å². The van der Waals surface area contributed by atoms with Crippen molar-refractivity contribution in [1.29, 1.82) is 5.26 Å². The van der Waals surface area contributed by atoms with Gasteiger partial charge in [-0.15, -0.1) is 0 Å². The average molecular weight is 206 g/mol. The van der Waals surface area contributed by atoms with Gasteiger partial charge in [-0.1, -0.05) is 6.92 Å². The van der Waals surface area contributed by atoms with E-state index < -0.39 is 5.54 Å². The Bertz CT molecular complexity index is 374. The maximum Gasteiger partial charge on any atom is 0.122 e. The Kier molecular flexibility index (Phi) is 3.48. The Morgan fingerprint density at radius 1 is 1.60 bits per heavy atom. The summed E-state index contributed by atoms with van der Waals surface area (Å²) in [6, 6.07) is 2.30. The maximum atomic E-state index is 9.13. The minimum absolute atomic E-state index is 0.521. The van der Waals surface area contributed by atoms with E-state index in [1.54, 1.807) is 6.33 Å². The fourth-order valence-corrected chi connectivity index (χ4v) is 1.57. The summed E-state index contributed by atoms with van der Waals surface area (Å²) in [5, 5.41) is 12.3. The normalized spacial score (nSPS) is 14.6. The van der Waals surface area contributed by atoms with Crippen molar-refractivity contribution in [2.45, 2.75) is 39.8 Å². The molecular formula is C11H18N4. The fourth-order valence-electron chi connectivity index (χ4n) is 1.57. The number of imidazole rings is 1. The molecule has 0 aliphatic carbocycles. The van der Waals surface area contributed by atoms with Crippen LogP contribution in [0.5, 0.6) is 0 Å². The topological polar surface area (TPSA) is 53.6 Å². The molecule has 1 atom stereocenters. The van der Waals surface area contributed by atoms with Gasteiger partial charge < -0.3 is 4.57 Å². The van der Waals surface area contributed by atoms with Crippen molar-refractivity contribution >= 4 is 0 Å². The van der Waals surface area contributed by atoms with E-state index in [0.717, 1.165) is 17.9 Å². The van der Waals surface area contributed by atoms with Crippen LogP contribution in [0.4, 0.5) is 0 Å². The van der Waals surface area contributed by atoms with E-state index in [1.165, 1.54) is 0 Å². The van der Waals surface area contributed by atoms with Crippen molar-refractivity contribution < 1.29 is 0 Å². The standard InChI is InChI=1S/C11H18N4/c1-5-14-11(4,6-12)7-15-8-13-9(2)10(15)3/h8,14H,5,7H2,1-4H3. The largest absolute Gasteiger partial charge is 0.332 e. The average Bonchev–Trinajstić information content (AvgIpc) is 2.50. The number of nitriles is 1. The molecule has 0 spiro atoms. The SMILES string of the molecule is CCNC(C)(C#N)Cn1cnc(C)c1C. The number of hydrogen-bond acceptors (Lipinski definition) is 3. The zero-order valence-electron chi connectivity index (χ0n) is 9.83. The van der Waals surface area contributed by atoms with E-state index in [9.17, 15) is 0 Å². The third-order valence-electron chi connectivity index (χ3n) is 2.65. The highest BCUT2D eigenvalue weighted by molar-refractivity contribution is 5.12. The zero-order chi connectivity index (χ0) is 11.5. The molecule has 1 unspecified atom stereocenters. The first-order valence-corrected chi connectivity index (χ1v) is 5.17. The van der Waals surface area contributed by atoms with Crippen LogP contribution in [0.15, 0.2) is 6.33 Å². The maximum absolute atomic E-state index is 9.13. The molecule has 1 aromatic heterocycles. The fraction of sp³-hybridized carbons (Fsp3) is 0.636. The molecule has 0 radical (unpaired) electrons. The predicted octanol–water partition coefficient (Wildman–Crippen LogP) is 1.39. The molecule has 82 valence electrons. The molecule has 15 heavy (non-hydrogen) atoms. The van der Waals surface area contributed by atoms with E-state index in [4.69, 9.17) is 5.26 Å². The van der Waals surface area contributed by atoms with Gasteiger partial charge in [-0.05, 0) is 27.3 Å². The number of nitrogens with one attached hydrogen (secondary N) is 1. The number of hydrogen-bond donors (Lipinski definition) is 1. The van der Waals surface area contributed by atoms with Gasteiger partial charge in [-0.2, -0.15) is 5.26 Å². The molecule has 0 aliphatic heterocycles. The lowest BCUT2D eigenvalue weighted by molar-refractivity contribution is 0.394. The van der Waals surface area contributed by atoms with Crippen LogP contribution in [0.3, 0.4) is 0 Å². The molecule has 0 amide bonds. The van der Waals surface area contributed by atoms with Crippen LogP contribution in [0.1, 0.15) is 25.2 Å². The van der Waals surface area contributed by atoms with E-state index in [2.05, 4.69) is 16.4 Å². The number of rotatable bonds is 4. The van der Waals surface area contributed by atoms with Crippen LogP contribution < -0.4 is 5.32 Å². The van der Waals surface area contributed by atoms with E-state index in [-0.39, 0.29) is 0 Å². The van der Waals surface area contributed by atoms with Crippen molar-refractivity contribution in [3.05, 3.63) is 17.7 Å². The smallest absolute Gasteiger partial charge is 0.122 e. The monoisotopic (exact) mass is 206 g/mol. The summed E-state index contributed by atoms with van der Waals surface area (Å²) >= 11 is 0. The Morgan fingerprint density at radius 2 is 2.27 bits per heavy atom. The Balaban J connectivity index is 2.85. The van der Waals surface area contributed by atoms with Crippen molar-refractivity contribution in [3.8, 4) is 6.07 Å². The first-order valence-electron chi connectivity index (χ1n) is 5.17. The highest BCUT2D eigenvalue weighted by atomic mass is 15.1. The first-order chi connectivity index (χ1) is 7.02. The molecule has 0 saturated carbocycles. The molecule has 0 bridgehead atoms.